The second-order valence-corrected chi connectivity index (χ2v) is 6.17. The number of hydrogen-bond donors (Lipinski definition) is 2. The van der Waals surface area contributed by atoms with Crippen LogP contribution < -0.4 is 15.8 Å². The summed E-state index contributed by atoms with van der Waals surface area (Å²) >= 11 is 0. The van der Waals surface area contributed by atoms with Crippen LogP contribution in [0.4, 0.5) is 5.82 Å². The van der Waals surface area contributed by atoms with E-state index in [4.69, 9.17) is 0 Å². The molecule has 0 aliphatic carbocycles. The lowest BCUT2D eigenvalue weighted by molar-refractivity contribution is 0.0951. The molecule has 2 N–H and O–H groups in total. The third kappa shape index (κ3) is 3.52. The minimum Gasteiger partial charge on any atom is -0.362 e. The highest BCUT2D eigenvalue weighted by Crippen LogP contribution is 2.15. The fourth-order valence-electron chi connectivity index (χ4n) is 2.70. The minimum absolute atomic E-state index is 0.153. The van der Waals surface area contributed by atoms with Gasteiger partial charge in [-0.3, -0.25) is 9.59 Å². The normalized spacial score (nSPS) is 10.7. The molecule has 3 aromatic rings. The second kappa shape index (κ2) is 6.76. The van der Waals surface area contributed by atoms with Gasteiger partial charge < -0.3 is 15.2 Å². The number of fused-ring (bicyclic) bond motifs is 1. The Morgan fingerprint density at radius 1 is 1.24 bits per heavy atom. The van der Waals surface area contributed by atoms with E-state index in [1.54, 1.807) is 23.2 Å². The van der Waals surface area contributed by atoms with Gasteiger partial charge in [-0.25, -0.2) is 4.98 Å². The minimum atomic E-state index is -0.263. The number of pyridine rings is 2. The van der Waals surface area contributed by atoms with Crippen LogP contribution in [0.5, 0.6) is 0 Å². The lowest BCUT2D eigenvalue weighted by Crippen LogP contribution is -2.28. The lowest BCUT2D eigenvalue weighted by Gasteiger charge is -2.15. The van der Waals surface area contributed by atoms with E-state index in [0.29, 0.717) is 16.9 Å². The summed E-state index contributed by atoms with van der Waals surface area (Å²) in [7, 11) is 3.66. The number of H-pyrrole nitrogens is 1. The summed E-state index contributed by atoms with van der Waals surface area (Å²) in [6.07, 6.45) is 1.64. The molecule has 0 aliphatic rings. The van der Waals surface area contributed by atoms with Crippen molar-refractivity contribution in [3.8, 4) is 0 Å². The predicted octanol–water partition coefficient (Wildman–Crippen LogP) is 2.23. The average molecular weight is 336 g/mol. The fraction of sp³-hybridized carbons (Fsp3) is 0.211. The number of nitrogens with zero attached hydrogens (tertiary/aromatic N) is 2. The van der Waals surface area contributed by atoms with Crippen LogP contribution in [0.2, 0.25) is 0 Å². The Labute approximate surface area is 145 Å². The molecule has 0 saturated carbocycles. The molecule has 0 aliphatic heterocycles. The van der Waals surface area contributed by atoms with E-state index in [9.17, 15) is 9.59 Å². The molecule has 2 aromatic heterocycles. The van der Waals surface area contributed by atoms with E-state index in [1.165, 1.54) is 0 Å². The number of hydrogen-bond acceptors (Lipinski definition) is 4. The van der Waals surface area contributed by atoms with Crippen molar-refractivity contribution >= 4 is 22.6 Å². The summed E-state index contributed by atoms with van der Waals surface area (Å²) in [5, 5.41) is 3.75. The fourth-order valence-corrected chi connectivity index (χ4v) is 2.70. The van der Waals surface area contributed by atoms with Crippen molar-refractivity contribution in [3.63, 3.8) is 0 Å². The smallest absolute Gasteiger partial charge is 0.255 e. The van der Waals surface area contributed by atoms with Crippen molar-refractivity contribution in [2.45, 2.75) is 13.5 Å². The monoisotopic (exact) mass is 336 g/mol. The van der Waals surface area contributed by atoms with Gasteiger partial charge >= 0.3 is 0 Å². The zero-order valence-corrected chi connectivity index (χ0v) is 14.5. The van der Waals surface area contributed by atoms with Crippen LogP contribution in [0, 0.1) is 6.92 Å². The first-order valence-corrected chi connectivity index (χ1v) is 7.99. The number of carbonyl (C=O) groups is 1. The number of rotatable bonds is 4. The molecule has 25 heavy (non-hydrogen) atoms. The molecule has 2 heterocycles. The van der Waals surface area contributed by atoms with Crippen LogP contribution in [-0.4, -0.2) is 30.0 Å². The van der Waals surface area contributed by atoms with Crippen LogP contribution in [0.25, 0.3) is 10.9 Å². The maximum Gasteiger partial charge on any atom is 0.255 e. The number of benzene rings is 1. The van der Waals surface area contributed by atoms with Gasteiger partial charge in [-0.15, -0.1) is 0 Å². The third-order valence-electron chi connectivity index (χ3n) is 3.97. The maximum atomic E-state index is 12.5. The highest BCUT2D eigenvalue weighted by Gasteiger charge is 2.14. The number of amides is 1. The van der Waals surface area contributed by atoms with Crippen molar-refractivity contribution < 1.29 is 4.79 Å². The third-order valence-corrected chi connectivity index (χ3v) is 3.97. The van der Waals surface area contributed by atoms with Gasteiger partial charge in [0.05, 0.1) is 5.56 Å². The van der Waals surface area contributed by atoms with Crippen molar-refractivity contribution in [1.82, 2.24) is 15.3 Å². The lowest BCUT2D eigenvalue weighted by atomic mass is 10.1. The topological polar surface area (TPSA) is 78.1 Å². The van der Waals surface area contributed by atoms with Crippen molar-refractivity contribution in [2.24, 2.45) is 0 Å². The van der Waals surface area contributed by atoms with Crippen LogP contribution in [-0.2, 0) is 6.54 Å². The highest BCUT2D eigenvalue weighted by molar-refractivity contribution is 5.98. The zero-order valence-electron chi connectivity index (χ0n) is 14.5. The maximum absolute atomic E-state index is 12.5. The Balaban J connectivity index is 1.84. The van der Waals surface area contributed by atoms with Gasteiger partial charge in [0.1, 0.15) is 5.82 Å². The summed E-state index contributed by atoms with van der Waals surface area (Å²) in [6, 6.07) is 11.1. The van der Waals surface area contributed by atoms with E-state index >= 15 is 0 Å². The van der Waals surface area contributed by atoms with Crippen molar-refractivity contribution in [1.29, 1.82) is 0 Å². The standard InChI is InChI=1S/C19H20N4O2/c1-12-6-7-16-13(9-12)10-14(18(24)22-16)11-21-19(25)15-5-4-8-20-17(15)23(2)3/h4-10H,11H2,1-3H3,(H,21,25)(H,22,24). The summed E-state index contributed by atoms with van der Waals surface area (Å²) in [5.74, 6) is 0.323. The van der Waals surface area contributed by atoms with Gasteiger partial charge in [-0.2, -0.15) is 0 Å². The molecule has 6 nitrogen and oxygen atoms in total. The Morgan fingerprint density at radius 2 is 2.04 bits per heavy atom. The van der Waals surface area contributed by atoms with Crippen LogP contribution in [0.15, 0.2) is 47.4 Å². The molecule has 1 aromatic carbocycles. The van der Waals surface area contributed by atoms with Gasteiger partial charge in [-0.1, -0.05) is 11.6 Å². The quantitative estimate of drug-likeness (QED) is 0.766. The van der Waals surface area contributed by atoms with E-state index in [-0.39, 0.29) is 18.0 Å². The molecule has 0 radical (unpaired) electrons. The number of anilines is 1. The van der Waals surface area contributed by atoms with E-state index < -0.39 is 0 Å². The first-order valence-electron chi connectivity index (χ1n) is 7.99. The first-order chi connectivity index (χ1) is 12.0. The Hall–Kier alpha value is -3.15. The Kier molecular flexibility index (Phi) is 4.52. The second-order valence-electron chi connectivity index (χ2n) is 6.17. The van der Waals surface area contributed by atoms with Crippen molar-refractivity contribution in [3.05, 3.63) is 69.6 Å². The Bertz CT molecular complexity index is 992. The summed E-state index contributed by atoms with van der Waals surface area (Å²) in [5.41, 5.74) is 2.69. The number of aromatic nitrogens is 2. The number of aryl methyl sites for hydroxylation is 1. The van der Waals surface area contributed by atoms with Crippen LogP contribution in [0.1, 0.15) is 21.5 Å². The van der Waals surface area contributed by atoms with Gasteiger partial charge in [-0.05, 0) is 42.6 Å². The van der Waals surface area contributed by atoms with E-state index in [1.807, 2.05) is 45.3 Å². The summed E-state index contributed by atoms with van der Waals surface area (Å²) in [6.45, 7) is 2.15. The first kappa shape index (κ1) is 16.7. The molecule has 1 amide bonds. The molecule has 0 bridgehead atoms. The number of aromatic amines is 1. The van der Waals surface area contributed by atoms with Crippen LogP contribution in [0.3, 0.4) is 0 Å². The van der Waals surface area contributed by atoms with Gasteiger partial charge in [0.15, 0.2) is 0 Å². The molecule has 0 fully saturated rings. The molecular formula is C19H20N4O2. The molecule has 0 atom stereocenters. The highest BCUT2D eigenvalue weighted by atomic mass is 16.2. The van der Waals surface area contributed by atoms with Crippen molar-refractivity contribution in [2.75, 3.05) is 19.0 Å². The molecule has 6 heteroatoms. The Morgan fingerprint density at radius 3 is 2.80 bits per heavy atom. The molecule has 0 spiro atoms. The molecule has 128 valence electrons. The zero-order chi connectivity index (χ0) is 18.0. The molecular weight excluding hydrogens is 316 g/mol. The van der Waals surface area contributed by atoms with E-state index in [2.05, 4.69) is 15.3 Å². The summed E-state index contributed by atoms with van der Waals surface area (Å²) in [4.78, 5) is 33.5. The number of nitrogens with one attached hydrogen (secondary N) is 2. The largest absolute Gasteiger partial charge is 0.362 e. The van der Waals surface area contributed by atoms with Gasteiger partial charge in [0, 0.05) is 37.9 Å². The molecule has 0 saturated heterocycles. The molecule has 0 unspecified atom stereocenters. The number of carbonyl (C=O) groups excluding carboxylic acids is 1. The van der Waals surface area contributed by atoms with E-state index in [0.717, 1.165) is 16.5 Å². The SMILES string of the molecule is Cc1ccc2[nH]c(=O)c(CNC(=O)c3cccnc3N(C)C)cc2c1. The van der Waals surface area contributed by atoms with Gasteiger partial charge in [0.25, 0.3) is 11.5 Å². The average Bonchev–Trinajstić information content (AvgIpc) is 2.60. The van der Waals surface area contributed by atoms with Gasteiger partial charge in [0.2, 0.25) is 0 Å². The summed E-state index contributed by atoms with van der Waals surface area (Å²) < 4.78 is 0. The van der Waals surface area contributed by atoms with Crippen LogP contribution >= 0.6 is 0 Å². The predicted molar refractivity (Wildman–Crippen MR) is 99.0 cm³/mol. The molecule has 3 rings (SSSR count).